The molecule has 2 N–H and O–H groups in total. The fourth-order valence-electron chi connectivity index (χ4n) is 3.33. The molecule has 0 bridgehead atoms. The molecule has 4 rings (SSSR count). The van der Waals surface area contributed by atoms with Crippen molar-refractivity contribution in [3.63, 3.8) is 0 Å². The van der Waals surface area contributed by atoms with E-state index < -0.39 is 6.10 Å². The smallest absolute Gasteiger partial charge is 0.256 e. The van der Waals surface area contributed by atoms with Crippen LogP contribution < -0.4 is 0 Å². The monoisotopic (exact) mass is 339 g/mol. The van der Waals surface area contributed by atoms with E-state index in [2.05, 4.69) is 15.1 Å². The number of aliphatic hydroxyl groups is 1. The predicted octanol–water partition coefficient (Wildman–Crippen LogP) is 2.17. The van der Waals surface area contributed by atoms with Gasteiger partial charge in [-0.05, 0) is 31.5 Å². The Morgan fingerprint density at radius 1 is 1.40 bits per heavy atom. The van der Waals surface area contributed by atoms with E-state index in [1.807, 2.05) is 47.7 Å². The number of hydrogen-bond donors (Lipinski definition) is 2. The Labute approximate surface area is 145 Å². The van der Waals surface area contributed by atoms with E-state index in [1.165, 1.54) is 0 Å². The molecule has 1 aromatic carbocycles. The van der Waals surface area contributed by atoms with Crippen LogP contribution in [0.3, 0.4) is 0 Å². The van der Waals surface area contributed by atoms with Crippen molar-refractivity contribution in [1.29, 1.82) is 0 Å². The summed E-state index contributed by atoms with van der Waals surface area (Å²) in [6.07, 6.45) is 0.0719. The van der Waals surface area contributed by atoms with Gasteiger partial charge < -0.3 is 15.0 Å². The topological polar surface area (TPSA) is 87.0 Å². The Bertz CT molecular complexity index is 942. The van der Waals surface area contributed by atoms with Crippen LogP contribution in [-0.4, -0.2) is 42.2 Å². The van der Waals surface area contributed by atoms with Crippen LogP contribution >= 0.6 is 0 Å². The van der Waals surface area contributed by atoms with Gasteiger partial charge in [0.15, 0.2) is 0 Å². The number of aromatic nitrogens is 4. The number of aliphatic hydroxyl groups excluding tert-OH is 1. The maximum atomic E-state index is 13.0. The Kier molecular flexibility index (Phi) is 3.80. The molecule has 1 aliphatic heterocycles. The summed E-state index contributed by atoms with van der Waals surface area (Å²) in [4.78, 5) is 22.5. The van der Waals surface area contributed by atoms with Crippen molar-refractivity contribution in [3.05, 3.63) is 47.0 Å². The summed E-state index contributed by atoms with van der Waals surface area (Å²) < 4.78 is 1.89. The highest BCUT2D eigenvalue weighted by Crippen LogP contribution is 2.23. The van der Waals surface area contributed by atoms with Crippen molar-refractivity contribution >= 4 is 16.9 Å². The number of carbonyl (C=O) groups excluding carboxylic acids is 1. The maximum Gasteiger partial charge on any atom is 0.256 e. The Balaban J connectivity index is 1.62. The third-order valence-electron chi connectivity index (χ3n) is 4.69. The molecule has 0 radical (unpaired) electrons. The molecule has 0 unspecified atom stereocenters. The standard InChI is InChI=1S/C18H21N5O2/c1-3-16(24)15-9-12-10-22(7-8-23(12)21-15)18(25)13-5-4-6-14-17(13)20-11(2)19-14/h4-6,9,16,24H,3,7-8,10H2,1-2H3,(H,19,20)/t16-/m0/s1. The molecule has 7 heteroatoms. The summed E-state index contributed by atoms with van der Waals surface area (Å²) in [6.45, 7) is 5.52. The van der Waals surface area contributed by atoms with Crippen LogP contribution in [-0.2, 0) is 13.1 Å². The third kappa shape index (κ3) is 2.70. The van der Waals surface area contributed by atoms with E-state index in [0.29, 0.717) is 42.8 Å². The highest BCUT2D eigenvalue weighted by atomic mass is 16.3. The van der Waals surface area contributed by atoms with Gasteiger partial charge in [-0.25, -0.2) is 4.98 Å². The van der Waals surface area contributed by atoms with Crippen LogP contribution in [0.4, 0.5) is 0 Å². The SMILES string of the molecule is CC[C@H](O)c1cc2n(n1)CCN(C(=O)c1cccc3[nH]c(C)nc13)C2. The summed E-state index contributed by atoms with van der Waals surface area (Å²) in [7, 11) is 0. The Morgan fingerprint density at radius 2 is 2.24 bits per heavy atom. The number of benzene rings is 1. The number of imidazole rings is 1. The highest BCUT2D eigenvalue weighted by molar-refractivity contribution is 6.04. The second-order valence-corrected chi connectivity index (χ2v) is 6.46. The van der Waals surface area contributed by atoms with Crippen LogP contribution in [0.25, 0.3) is 11.0 Å². The minimum Gasteiger partial charge on any atom is -0.387 e. The van der Waals surface area contributed by atoms with E-state index in [1.54, 1.807) is 0 Å². The molecule has 3 aromatic rings. The first-order chi connectivity index (χ1) is 12.1. The minimum atomic E-state index is -0.553. The lowest BCUT2D eigenvalue weighted by Crippen LogP contribution is -2.38. The number of nitrogens with one attached hydrogen (secondary N) is 1. The van der Waals surface area contributed by atoms with Gasteiger partial charge >= 0.3 is 0 Å². The van der Waals surface area contributed by atoms with E-state index in [4.69, 9.17) is 0 Å². The summed E-state index contributed by atoms with van der Waals surface area (Å²) >= 11 is 0. The van der Waals surface area contributed by atoms with Gasteiger partial charge in [-0.1, -0.05) is 13.0 Å². The molecule has 3 heterocycles. The lowest BCUT2D eigenvalue weighted by atomic mass is 10.1. The highest BCUT2D eigenvalue weighted by Gasteiger charge is 2.26. The van der Waals surface area contributed by atoms with Crippen LogP contribution in [0.1, 0.15) is 47.0 Å². The van der Waals surface area contributed by atoms with E-state index in [0.717, 1.165) is 17.0 Å². The fraction of sp³-hybridized carbons (Fsp3) is 0.389. The quantitative estimate of drug-likeness (QED) is 0.765. The molecule has 130 valence electrons. The first kappa shape index (κ1) is 15.8. The Morgan fingerprint density at radius 3 is 3.04 bits per heavy atom. The second kappa shape index (κ2) is 6.00. The molecule has 0 aliphatic carbocycles. The van der Waals surface area contributed by atoms with Crippen molar-refractivity contribution < 1.29 is 9.90 Å². The lowest BCUT2D eigenvalue weighted by Gasteiger charge is -2.27. The molecule has 2 aromatic heterocycles. The number of para-hydroxylation sites is 1. The normalized spacial score (nSPS) is 15.4. The molecule has 0 fully saturated rings. The van der Waals surface area contributed by atoms with Crippen LogP contribution in [0.2, 0.25) is 0 Å². The molecular formula is C18H21N5O2. The molecule has 0 saturated heterocycles. The Hall–Kier alpha value is -2.67. The summed E-state index contributed by atoms with van der Waals surface area (Å²) in [6, 6.07) is 7.52. The van der Waals surface area contributed by atoms with Crippen molar-refractivity contribution in [3.8, 4) is 0 Å². The third-order valence-corrected chi connectivity index (χ3v) is 4.69. The van der Waals surface area contributed by atoms with Crippen LogP contribution in [0.5, 0.6) is 0 Å². The molecule has 7 nitrogen and oxygen atoms in total. The number of aryl methyl sites for hydroxylation is 1. The molecule has 1 atom stereocenters. The molecule has 25 heavy (non-hydrogen) atoms. The van der Waals surface area contributed by atoms with E-state index in [9.17, 15) is 9.90 Å². The number of hydrogen-bond acceptors (Lipinski definition) is 4. The molecule has 0 saturated carbocycles. The van der Waals surface area contributed by atoms with Gasteiger partial charge in [0, 0.05) is 6.54 Å². The van der Waals surface area contributed by atoms with Gasteiger partial charge in [-0.3, -0.25) is 9.48 Å². The number of H-pyrrole nitrogens is 1. The first-order valence-electron chi connectivity index (χ1n) is 8.56. The predicted molar refractivity (Wildman–Crippen MR) is 93.0 cm³/mol. The zero-order valence-electron chi connectivity index (χ0n) is 14.4. The molecular weight excluding hydrogens is 318 g/mol. The van der Waals surface area contributed by atoms with Crippen molar-refractivity contribution in [1.82, 2.24) is 24.6 Å². The van der Waals surface area contributed by atoms with Gasteiger partial charge in [-0.2, -0.15) is 5.10 Å². The van der Waals surface area contributed by atoms with Crippen molar-refractivity contribution in [2.45, 2.75) is 39.5 Å². The van der Waals surface area contributed by atoms with Gasteiger partial charge in [-0.15, -0.1) is 0 Å². The fourth-order valence-corrected chi connectivity index (χ4v) is 3.33. The van der Waals surface area contributed by atoms with E-state index in [-0.39, 0.29) is 5.91 Å². The number of amides is 1. The van der Waals surface area contributed by atoms with Gasteiger partial charge in [0.05, 0.1) is 41.7 Å². The summed E-state index contributed by atoms with van der Waals surface area (Å²) in [5.41, 5.74) is 3.83. The van der Waals surface area contributed by atoms with Gasteiger partial charge in [0.25, 0.3) is 5.91 Å². The van der Waals surface area contributed by atoms with Gasteiger partial charge in [0.2, 0.25) is 0 Å². The average molecular weight is 339 g/mol. The lowest BCUT2D eigenvalue weighted by molar-refractivity contribution is 0.0707. The van der Waals surface area contributed by atoms with E-state index >= 15 is 0 Å². The first-order valence-corrected chi connectivity index (χ1v) is 8.56. The summed E-state index contributed by atoms with van der Waals surface area (Å²) in [5.74, 6) is 0.771. The van der Waals surface area contributed by atoms with Crippen LogP contribution in [0.15, 0.2) is 24.3 Å². The number of fused-ring (bicyclic) bond motifs is 2. The minimum absolute atomic E-state index is 0.0258. The maximum absolute atomic E-state index is 13.0. The zero-order chi connectivity index (χ0) is 17.6. The number of aromatic amines is 1. The largest absolute Gasteiger partial charge is 0.387 e. The zero-order valence-corrected chi connectivity index (χ0v) is 14.4. The van der Waals surface area contributed by atoms with Crippen molar-refractivity contribution in [2.75, 3.05) is 6.54 Å². The number of carbonyl (C=O) groups is 1. The summed E-state index contributed by atoms with van der Waals surface area (Å²) in [5, 5.41) is 14.4. The number of nitrogens with zero attached hydrogens (tertiary/aromatic N) is 4. The molecule has 1 amide bonds. The van der Waals surface area contributed by atoms with Crippen LogP contribution in [0, 0.1) is 6.92 Å². The number of rotatable bonds is 3. The average Bonchev–Trinajstić information content (AvgIpc) is 3.21. The van der Waals surface area contributed by atoms with Crippen molar-refractivity contribution in [2.24, 2.45) is 0 Å². The second-order valence-electron chi connectivity index (χ2n) is 6.46. The molecule has 0 spiro atoms. The molecule has 1 aliphatic rings. The van der Waals surface area contributed by atoms with Gasteiger partial charge in [0.1, 0.15) is 11.3 Å².